The van der Waals surface area contributed by atoms with Gasteiger partial charge in [0, 0.05) is 42.3 Å². The summed E-state index contributed by atoms with van der Waals surface area (Å²) < 4.78 is 15.2. The molecule has 0 bridgehead atoms. The van der Waals surface area contributed by atoms with Gasteiger partial charge in [-0.3, -0.25) is 9.52 Å². The van der Waals surface area contributed by atoms with E-state index in [1.807, 2.05) is 42.5 Å². The van der Waals surface area contributed by atoms with E-state index in [0.717, 1.165) is 47.4 Å². The van der Waals surface area contributed by atoms with Crippen molar-refractivity contribution < 1.29 is 9.00 Å². The van der Waals surface area contributed by atoms with E-state index in [2.05, 4.69) is 38.8 Å². The average molecular weight is 503 g/mol. The molecule has 2 heterocycles. The minimum absolute atomic E-state index is 0.129. The Kier molecular flexibility index (Phi) is 7.20. The van der Waals surface area contributed by atoms with E-state index in [1.54, 1.807) is 35.6 Å². The fraction of sp³-hybridized carbons (Fsp3) is 0.185. The second-order valence-corrected chi connectivity index (χ2v) is 10.5. The number of piperazine rings is 1. The van der Waals surface area contributed by atoms with Gasteiger partial charge in [0.1, 0.15) is 0 Å². The molecular formula is C27H26N4O2S2. The Morgan fingerprint density at radius 3 is 2.06 bits per heavy atom. The fourth-order valence-electron chi connectivity index (χ4n) is 4.10. The zero-order valence-corrected chi connectivity index (χ0v) is 20.8. The third-order valence-corrected chi connectivity index (χ3v) is 8.12. The third-order valence-electron chi connectivity index (χ3n) is 5.89. The van der Waals surface area contributed by atoms with Crippen molar-refractivity contribution >= 4 is 39.0 Å². The lowest BCUT2D eigenvalue weighted by atomic mass is 10.1. The van der Waals surface area contributed by atoms with Gasteiger partial charge in [0.15, 0.2) is 16.1 Å². The van der Waals surface area contributed by atoms with Crippen molar-refractivity contribution in [2.24, 2.45) is 0 Å². The van der Waals surface area contributed by atoms with Gasteiger partial charge in [-0.1, -0.05) is 66.7 Å². The maximum absolute atomic E-state index is 12.8. The van der Waals surface area contributed by atoms with Crippen LogP contribution in [0.3, 0.4) is 0 Å². The monoisotopic (exact) mass is 502 g/mol. The number of hydrogen-bond acceptors (Lipinski definition) is 6. The van der Waals surface area contributed by atoms with Crippen LogP contribution < -0.4 is 14.5 Å². The highest BCUT2D eigenvalue weighted by Gasteiger charge is 2.23. The van der Waals surface area contributed by atoms with Crippen LogP contribution in [0.5, 0.6) is 0 Å². The van der Waals surface area contributed by atoms with Gasteiger partial charge in [0.05, 0.1) is 17.0 Å². The van der Waals surface area contributed by atoms with Crippen LogP contribution in [-0.4, -0.2) is 41.3 Å². The molecule has 1 atom stereocenters. The van der Waals surface area contributed by atoms with Gasteiger partial charge in [-0.2, -0.15) is 0 Å². The summed E-state index contributed by atoms with van der Waals surface area (Å²) >= 11 is 1.55. The van der Waals surface area contributed by atoms with Crippen molar-refractivity contribution in [3.8, 4) is 11.3 Å². The van der Waals surface area contributed by atoms with E-state index in [0.29, 0.717) is 4.90 Å². The summed E-state index contributed by atoms with van der Waals surface area (Å²) in [6.07, 6.45) is 0.129. The Labute approximate surface area is 211 Å². The molecule has 0 aliphatic carbocycles. The Morgan fingerprint density at radius 2 is 1.40 bits per heavy atom. The molecule has 4 aromatic rings. The Hall–Kier alpha value is -3.49. The van der Waals surface area contributed by atoms with Crippen LogP contribution in [0.4, 0.5) is 10.8 Å². The van der Waals surface area contributed by atoms with Gasteiger partial charge < -0.3 is 9.80 Å². The van der Waals surface area contributed by atoms with E-state index in [4.69, 9.17) is 4.98 Å². The van der Waals surface area contributed by atoms with E-state index >= 15 is 0 Å². The Balaban J connectivity index is 1.32. The van der Waals surface area contributed by atoms with Crippen molar-refractivity contribution in [3.63, 3.8) is 0 Å². The lowest BCUT2D eigenvalue weighted by Crippen LogP contribution is -2.46. The molecule has 1 aliphatic rings. The third kappa shape index (κ3) is 5.61. The summed E-state index contributed by atoms with van der Waals surface area (Å²) in [4.78, 5) is 23.9. The minimum atomic E-state index is -1.59. The first-order valence-corrected chi connectivity index (χ1v) is 13.5. The van der Waals surface area contributed by atoms with Gasteiger partial charge in [-0.05, 0) is 24.3 Å². The highest BCUT2D eigenvalue weighted by atomic mass is 32.2. The van der Waals surface area contributed by atoms with Gasteiger partial charge in [0.2, 0.25) is 5.91 Å². The lowest BCUT2D eigenvalue weighted by molar-refractivity contribution is -0.118. The molecule has 1 amide bonds. The molecule has 1 aromatic heterocycles. The number of thiazole rings is 1. The van der Waals surface area contributed by atoms with Crippen molar-refractivity contribution in [1.29, 1.82) is 0 Å². The van der Waals surface area contributed by atoms with Crippen molar-refractivity contribution in [1.82, 2.24) is 9.71 Å². The van der Waals surface area contributed by atoms with Crippen molar-refractivity contribution in [2.75, 3.05) is 36.0 Å². The van der Waals surface area contributed by atoms with Gasteiger partial charge in [0.25, 0.3) is 0 Å². The lowest BCUT2D eigenvalue weighted by Gasteiger charge is -2.36. The highest BCUT2D eigenvalue weighted by molar-refractivity contribution is 7.83. The number of nitrogens with one attached hydrogen (secondary N) is 1. The van der Waals surface area contributed by atoms with Gasteiger partial charge in [-0.15, -0.1) is 11.3 Å². The quantitative estimate of drug-likeness (QED) is 0.403. The molecule has 0 spiro atoms. The van der Waals surface area contributed by atoms with Gasteiger partial charge >= 0.3 is 0 Å². The smallest absolute Gasteiger partial charge is 0.237 e. The minimum Gasteiger partial charge on any atom is -0.368 e. The van der Waals surface area contributed by atoms with Crippen molar-refractivity contribution in [2.45, 2.75) is 11.3 Å². The number of rotatable bonds is 7. The molecule has 0 radical (unpaired) electrons. The summed E-state index contributed by atoms with van der Waals surface area (Å²) in [7, 11) is -1.59. The number of carbonyl (C=O) groups is 1. The second kappa shape index (κ2) is 10.8. The molecule has 1 aliphatic heterocycles. The first kappa shape index (κ1) is 23.3. The van der Waals surface area contributed by atoms with E-state index in [1.165, 1.54) is 5.69 Å². The molecule has 8 heteroatoms. The normalized spacial score (nSPS) is 14.5. The number of hydrogen-bond donors (Lipinski definition) is 1. The maximum Gasteiger partial charge on any atom is 0.237 e. The molecule has 1 unspecified atom stereocenters. The molecule has 5 rings (SSSR count). The van der Waals surface area contributed by atoms with E-state index < -0.39 is 11.0 Å². The topological polar surface area (TPSA) is 65.5 Å². The number of benzene rings is 3. The molecule has 0 saturated carbocycles. The van der Waals surface area contributed by atoms with Gasteiger partial charge in [-0.25, -0.2) is 9.19 Å². The van der Waals surface area contributed by atoms with Crippen molar-refractivity contribution in [3.05, 3.63) is 95.9 Å². The predicted octanol–water partition coefficient (Wildman–Crippen LogP) is 4.52. The van der Waals surface area contributed by atoms with Crippen LogP contribution in [0.25, 0.3) is 11.3 Å². The Bertz CT molecular complexity index is 1290. The number of para-hydroxylation sites is 1. The summed E-state index contributed by atoms with van der Waals surface area (Å²) in [5.74, 6) is -0.284. The second-order valence-electron chi connectivity index (χ2n) is 8.23. The molecular weight excluding hydrogens is 476 g/mol. The van der Waals surface area contributed by atoms with Crippen LogP contribution in [-0.2, 0) is 22.2 Å². The largest absolute Gasteiger partial charge is 0.368 e. The van der Waals surface area contributed by atoms with Crippen LogP contribution in [0.15, 0.2) is 95.9 Å². The first-order chi connectivity index (χ1) is 17.2. The first-order valence-electron chi connectivity index (χ1n) is 11.5. The molecule has 6 nitrogen and oxygen atoms in total. The number of carbonyl (C=O) groups excluding carboxylic acids is 1. The molecule has 178 valence electrons. The summed E-state index contributed by atoms with van der Waals surface area (Å²) in [6.45, 7) is 3.55. The molecule has 1 saturated heterocycles. The Morgan fingerprint density at radius 1 is 0.829 bits per heavy atom. The zero-order chi connectivity index (χ0) is 24.0. The van der Waals surface area contributed by atoms with Crippen LogP contribution in [0.1, 0.15) is 4.88 Å². The molecule has 35 heavy (non-hydrogen) atoms. The van der Waals surface area contributed by atoms with E-state index in [9.17, 15) is 9.00 Å². The average Bonchev–Trinajstić information content (AvgIpc) is 3.34. The maximum atomic E-state index is 12.8. The molecule has 1 N–H and O–H groups in total. The fourth-order valence-corrected chi connectivity index (χ4v) is 6.03. The summed E-state index contributed by atoms with van der Waals surface area (Å²) in [5.41, 5.74) is 3.03. The molecule has 1 fully saturated rings. The highest BCUT2D eigenvalue weighted by Crippen LogP contribution is 2.34. The van der Waals surface area contributed by atoms with Crippen LogP contribution in [0, 0.1) is 0 Å². The number of aromatic nitrogens is 1. The summed E-state index contributed by atoms with van der Waals surface area (Å²) in [5, 5.41) is 0.920. The SMILES string of the molecule is O=C(Cc1sc(N2CCN(c3ccccc3)CC2)nc1-c1ccccc1)NS(=O)c1ccccc1. The number of amides is 1. The predicted molar refractivity (Wildman–Crippen MR) is 143 cm³/mol. The van der Waals surface area contributed by atoms with Crippen LogP contribution >= 0.6 is 11.3 Å². The summed E-state index contributed by atoms with van der Waals surface area (Å²) in [6, 6.07) is 29.3. The number of nitrogens with zero attached hydrogens (tertiary/aromatic N) is 3. The molecule has 3 aromatic carbocycles. The standard InChI is InChI=1S/C27H26N4O2S2/c32-25(29-35(33)23-14-8-3-9-15-23)20-24-26(21-10-4-1-5-11-21)28-27(34-24)31-18-16-30(17-19-31)22-12-6-2-7-13-22/h1-15H,16-20H2,(H,29,32). The zero-order valence-electron chi connectivity index (χ0n) is 19.2. The van der Waals surface area contributed by atoms with Crippen LogP contribution in [0.2, 0.25) is 0 Å². The number of anilines is 2. The van der Waals surface area contributed by atoms with E-state index in [-0.39, 0.29) is 12.3 Å².